The van der Waals surface area contributed by atoms with E-state index in [2.05, 4.69) is 62.8 Å². The first-order valence-corrected chi connectivity index (χ1v) is 8.48. The summed E-state index contributed by atoms with van der Waals surface area (Å²) in [6.07, 6.45) is 0. The Labute approximate surface area is 151 Å². The number of fused-ring (bicyclic) bond motifs is 1. The molecule has 0 unspecified atom stereocenters. The molecule has 4 rings (SSSR count). The first kappa shape index (κ1) is 16.1. The molecule has 2 aromatic carbocycles. The van der Waals surface area contributed by atoms with Crippen molar-refractivity contribution in [3.05, 3.63) is 65.4 Å². The summed E-state index contributed by atoms with van der Waals surface area (Å²) < 4.78 is 0. The zero-order valence-corrected chi connectivity index (χ0v) is 15.0. The monoisotopic (exact) mass is 344 g/mol. The maximum atomic E-state index is 4.68. The van der Waals surface area contributed by atoms with Gasteiger partial charge in [0.1, 0.15) is 5.82 Å². The number of H-pyrrole nitrogens is 1. The Bertz CT molecular complexity index is 1080. The molecule has 0 saturated heterocycles. The van der Waals surface area contributed by atoms with Gasteiger partial charge in [0.2, 0.25) is 5.95 Å². The van der Waals surface area contributed by atoms with Gasteiger partial charge in [-0.3, -0.25) is 5.10 Å². The molecule has 0 amide bonds. The Morgan fingerprint density at radius 3 is 2.54 bits per heavy atom. The average molecular weight is 344 g/mol. The van der Waals surface area contributed by atoms with Crippen molar-refractivity contribution in [1.29, 1.82) is 0 Å². The highest BCUT2D eigenvalue weighted by Gasteiger charge is 2.10. The summed E-state index contributed by atoms with van der Waals surface area (Å²) in [7, 11) is 0. The number of aryl methyl sites for hydroxylation is 3. The molecule has 0 aliphatic rings. The topological polar surface area (TPSA) is 78.5 Å². The second kappa shape index (κ2) is 6.48. The molecule has 6 nitrogen and oxygen atoms in total. The van der Waals surface area contributed by atoms with E-state index in [1.165, 1.54) is 5.56 Å². The number of benzene rings is 2. The summed E-state index contributed by atoms with van der Waals surface area (Å²) in [5, 5.41) is 14.8. The fourth-order valence-corrected chi connectivity index (χ4v) is 2.82. The quantitative estimate of drug-likeness (QED) is 0.497. The van der Waals surface area contributed by atoms with Gasteiger partial charge in [0.25, 0.3) is 0 Å². The molecule has 2 aromatic heterocycles. The van der Waals surface area contributed by atoms with Crippen LogP contribution < -0.4 is 10.6 Å². The third kappa shape index (κ3) is 3.21. The molecular formula is C20H20N6. The van der Waals surface area contributed by atoms with Crippen molar-refractivity contribution < 1.29 is 0 Å². The van der Waals surface area contributed by atoms with E-state index in [1.54, 1.807) is 0 Å². The molecule has 2 heterocycles. The van der Waals surface area contributed by atoms with Crippen molar-refractivity contribution in [2.75, 3.05) is 10.6 Å². The molecule has 0 atom stereocenters. The van der Waals surface area contributed by atoms with E-state index in [4.69, 9.17) is 0 Å². The van der Waals surface area contributed by atoms with E-state index in [1.807, 2.05) is 37.3 Å². The fraction of sp³-hybridized carbons (Fsp3) is 0.150. The van der Waals surface area contributed by atoms with Crippen molar-refractivity contribution in [3.8, 4) is 0 Å². The fourth-order valence-electron chi connectivity index (χ4n) is 2.82. The largest absolute Gasteiger partial charge is 0.324 e. The molecule has 0 radical (unpaired) electrons. The Balaban J connectivity index is 1.77. The maximum absolute atomic E-state index is 4.68. The minimum atomic E-state index is 0.548. The minimum absolute atomic E-state index is 0.548. The van der Waals surface area contributed by atoms with Gasteiger partial charge in [0.15, 0.2) is 5.82 Å². The Morgan fingerprint density at radius 1 is 0.885 bits per heavy atom. The van der Waals surface area contributed by atoms with Gasteiger partial charge >= 0.3 is 0 Å². The number of para-hydroxylation sites is 1. The molecule has 0 spiro atoms. The third-order valence-corrected chi connectivity index (χ3v) is 4.20. The van der Waals surface area contributed by atoms with Crippen LogP contribution in [0.15, 0.2) is 48.5 Å². The number of anilines is 4. The number of hydrogen-bond donors (Lipinski definition) is 3. The first-order chi connectivity index (χ1) is 12.6. The number of aromatic nitrogens is 4. The lowest BCUT2D eigenvalue weighted by molar-refractivity contribution is 1.05. The van der Waals surface area contributed by atoms with Crippen molar-refractivity contribution in [3.63, 3.8) is 0 Å². The van der Waals surface area contributed by atoms with Crippen LogP contribution in [0, 0.1) is 20.8 Å². The second-order valence-corrected chi connectivity index (χ2v) is 6.42. The number of nitrogens with zero attached hydrogens (tertiary/aromatic N) is 3. The third-order valence-electron chi connectivity index (χ3n) is 4.20. The van der Waals surface area contributed by atoms with Gasteiger partial charge in [-0.1, -0.05) is 24.3 Å². The van der Waals surface area contributed by atoms with Crippen LogP contribution in [0.3, 0.4) is 0 Å². The number of nitrogens with one attached hydrogen (secondary N) is 3. The van der Waals surface area contributed by atoms with Crippen LogP contribution in [0.2, 0.25) is 0 Å². The van der Waals surface area contributed by atoms with Gasteiger partial charge in [-0.25, -0.2) is 4.98 Å². The number of aromatic amines is 1. The molecule has 6 heteroatoms. The van der Waals surface area contributed by atoms with Crippen LogP contribution >= 0.6 is 0 Å². The molecule has 0 bridgehead atoms. The Kier molecular flexibility index (Phi) is 4.01. The van der Waals surface area contributed by atoms with Gasteiger partial charge in [0, 0.05) is 22.8 Å². The molecular weight excluding hydrogens is 324 g/mol. The van der Waals surface area contributed by atoms with Crippen LogP contribution in [-0.2, 0) is 0 Å². The standard InChI is InChI=1S/C20H20N6/c1-12-8-9-13(2)17(10-12)22-20-21-16-7-5-4-6-15(16)19(24-20)23-18-11-14(3)25-26-18/h4-11H,1-3H3,(H3,21,22,23,24,25,26). The molecule has 0 fully saturated rings. The molecule has 0 saturated carbocycles. The molecule has 4 aromatic rings. The SMILES string of the molecule is Cc1ccc(C)c(Nc2nc(Nc3cc(C)[nH]n3)c3ccccc3n2)c1. The molecule has 3 N–H and O–H groups in total. The number of rotatable bonds is 4. The highest BCUT2D eigenvalue weighted by Crippen LogP contribution is 2.27. The zero-order chi connectivity index (χ0) is 18.1. The van der Waals surface area contributed by atoms with Crippen molar-refractivity contribution in [2.45, 2.75) is 20.8 Å². The van der Waals surface area contributed by atoms with E-state index in [0.29, 0.717) is 5.95 Å². The van der Waals surface area contributed by atoms with Gasteiger partial charge in [-0.2, -0.15) is 10.1 Å². The van der Waals surface area contributed by atoms with Crippen LogP contribution in [-0.4, -0.2) is 20.2 Å². The van der Waals surface area contributed by atoms with Gasteiger partial charge in [-0.15, -0.1) is 0 Å². The van der Waals surface area contributed by atoms with Gasteiger partial charge in [0.05, 0.1) is 5.52 Å². The molecule has 0 aliphatic heterocycles. The van der Waals surface area contributed by atoms with Crippen molar-refractivity contribution in [2.24, 2.45) is 0 Å². The Hall–Kier alpha value is -3.41. The summed E-state index contributed by atoms with van der Waals surface area (Å²) in [6.45, 7) is 6.09. The van der Waals surface area contributed by atoms with E-state index < -0.39 is 0 Å². The summed E-state index contributed by atoms with van der Waals surface area (Å²) in [4.78, 5) is 9.34. The molecule has 26 heavy (non-hydrogen) atoms. The van der Waals surface area contributed by atoms with E-state index in [-0.39, 0.29) is 0 Å². The maximum Gasteiger partial charge on any atom is 0.229 e. The lowest BCUT2D eigenvalue weighted by atomic mass is 10.1. The second-order valence-electron chi connectivity index (χ2n) is 6.42. The average Bonchev–Trinajstić information content (AvgIpc) is 3.03. The van der Waals surface area contributed by atoms with Gasteiger partial charge < -0.3 is 10.6 Å². The van der Waals surface area contributed by atoms with Crippen LogP contribution in [0.4, 0.5) is 23.3 Å². The highest BCUT2D eigenvalue weighted by atomic mass is 15.2. The predicted molar refractivity (Wildman–Crippen MR) is 105 cm³/mol. The lowest BCUT2D eigenvalue weighted by Crippen LogP contribution is -2.03. The van der Waals surface area contributed by atoms with Crippen molar-refractivity contribution in [1.82, 2.24) is 20.2 Å². The first-order valence-electron chi connectivity index (χ1n) is 8.48. The zero-order valence-electron chi connectivity index (χ0n) is 15.0. The van der Waals surface area contributed by atoms with Crippen molar-refractivity contribution >= 4 is 34.2 Å². The summed E-state index contributed by atoms with van der Waals surface area (Å²) in [5.74, 6) is 1.99. The normalized spacial score (nSPS) is 10.9. The summed E-state index contributed by atoms with van der Waals surface area (Å²) >= 11 is 0. The lowest BCUT2D eigenvalue weighted by Gasteiger charge is -2.12. The summed E-state index contributed by atoms with van der Waals surface area (Å²) in [5.41, 5.74) is 5.18. The van der Waals surface area contributed by atoms with Gasteiger partial charge in [-0.05, 0) is 50.1 Å². The van der Waals surface area contributed by atoms with Crippen LogP contribution in [0.1, 0.15) is 16.8 Å². The van der Waals surface area contributed by atoms with Crippen LogP contribution in [0.25, 0.3) is 10.9 Å². The van der Waals surface area contributed by atoms with E-state index in [9.17, 15) is 0 Å². The Morgan fingerprint density at radius 2 is 1.73 bits per heavy atom. The van der Waals surface area contributed by atoms with E-state index >= 15 is 0 Å². The smallest absolute Gasteiger partial charge is 0.229 e. The number of hydrogen-bond acceptors (Lipinski definition) is 5. The molecule has 0 aliphatic carbocycles. The van der Waals surface area contributed by atoms with Crippen LogP contribution in [0.5, 0.6) is 0 Å². The minimum Gasteiger partial charge on any atom is -0.324 e. The summed E-state index contributed by atoms with van der Waals surface area (Å²) in [6, 6.07) is 16.1. The van der Waals surface area contributed by atoms with E-state index in [0.717, 1.165) is 39.5 Å². The highest BCUT2D eigenvalue weighted by molar-refractivity contribution is 5.91. The predicted octanol–water partition coefficient (Wildman–Crippen LogP) is 4.77. The molecule has 130 valence electrons.